The summed E-state index contributed by atoms with van der Waals surface area (Å²) in [5.41, 5.74) is 2.00. The van der Waals surface area contributed by atoms with Crippen LogP contribution in [0.1, 0.15) is 78.4 Å². The van der Waals surface area contributed by atoms with Gasteiger partial charge in [-0.3, -0.25) is 9.59 Å². The highest BCUT2D eigenvalue weighted by Gasteiger charge is 2.00. The quantitative estimate of drug-likeness (QED) is 0.807. The Kier molecular flexibility index (Phi) is 14.6. The lowest BCUT2D eigenvalue weighted by molar-refractivity contribution is 0.844. The minimum absolute atomic E-state index is 0.0255. The van der Waals surface area contributed by atoms with Gasteiger partial charge >= 0.3 is 0 Å². The van der Waals surface area contributed by atoms with Gasteiger partial charge in [-0.25, -0.2) is 0 Å². The fourth-order valence-corrected chi connectivity index (χ4v) is 1.67. The van der Waals surface area contributed by atoms with Crippen LogP contribution in [0.5, 0.6) is 0 Å². The molecule has 2 aromatic rings. The molecule has 24 heavy (non-hydrogen) atoms. The normalized spacial score (nSPS) is 9.08. The van der Waals surface area contributed by atoms with E-state index >= 15 is 0 Å². The number of hydrogen-bond acceptors (Lipinski definition) is 2. The SMILES string of the molecule is CC.CC.CC(C)c1ccc(=O)[nH]c1.CC(C)c1ccc[nH]c1=O. The smallest absolute Gasteiger partial charge is 0.251 e. The highest BCUT2D eigenvalue weighted by Crippen LogP contribution is 2.09. The number of nitrogens with one attached hydrogen (secondary N) is 2. The standard InChI is InChI=1S/2C8H11NO.2C2H6/c1-6(2)7-3-4-8(10)9-5-7;1-6(2)7-4-3-5-9-8(7)10;2*1-2/h2*3-6H,1-2H3,(H,9,10);2*1-2H3. The van der Waals surface area contributed by atoms with Gasteiger partial charge in [0.25, 0.3) is 5.56 Å². The maximum absolute atomic E-state index is 11.0. The fraction of sp³-hybridized carbons (Fsp3) is 0.500. The van der Waals surface area contributed by atoms with Gasteiger partial charge in [0.1, 0.15) is 0 Å². The molecular weight excluding hydrogens is 300 g/mol. The van der Waals surface area contributed by atoms with Gasteiger partial charge in [0, 0.05) is 24.0 Å². The summed E-state index contributed by atoms with van der Waals surface area (Å²) in [6.45, 7) is 16.2. The van der Waals surface area contributed by atoms with E-state index in [9.17, 15) is 9.59 Å². The summed E-state index contributed by atoms with van der Waals surface area (Å²) in [7, 11) is 0. The van der Waals surface area contributed by atoms with Gasteiger partial charge in [0.05, 0.1) is 0 Å². The van der Waals surface area contributed by atoms with Gasteiger partial charge in [-0.1, -0.05) is 67.5 Å². The Labute approximate surface area is 146 Å². The van der Waals surface area contributed by atoms with Gasteiger partial charge in [-0.15, -0.1) is 0 Å². The molecule has 4 heteroatoms. The molecular formula is C20H34N2O2. The maximum atomic E-state index is 11.0. The average Bonchev–Trinajstić information content (AvgIpc) is 2.59. The number of pyridine rings is 2. The molecule has 0 bridgehead atoms. The van der Waals surface area contributed by atoms with E-state index in [1.807, 2.05) is 59.7 Å². The third kappa shape index (κ3) is 9.82. The molecule has 2 rings (SSSR count). The summed E-state index contributed by atoms with van der Waals surface area (Å²) < 4.78 is 0. The Morgan fingerprint density at radius 3 is 1.71 bits per heavy atom. The summed E-state index contributed by atoms with van der Waals surface area (Å²) in [6.07, 6.45) is 3.40. The summed E-state index contributed by atoms with van der Waals surface area (Å²) in [6, 6.07) is 7.10. The summed E-state index contributed by atoms with van der Waals surface area (Å²) >= 11 is 0. The van der Waals surface area contributed by atoms with Crippen molar-refractivity contribution in [2.45, 2.75) is 67.2 Å². The van der Waals surface area contributed by atoms with Gasteiger partial charge in [-0.2, -0.15) is 0 Å². The number of rotatable bonds is 2. The number of aromatic nitrogens is 2. The zero-order chi connectivity index (χ0) is 19.1. The minimum Gasteiger partial charge on any atom is -0.329 e. The van der Waals surface area contributed by atoms with E-state index in [2.05, 4.69) is 23.8 Å². The highest BCUT2D eigenvalue weighted by atomic mass is 16.1. The van der Waals surface area contributed by atoms with Crippen LogP contribution < -0.4 is 11.1 Å². The van der Waals surface area contributed by atoms with Crippen LogP contribution in [-0.2, 0) is 0 Å². The third-order valence-corrected chi connectivity index (χ3v) is 2.95. The molecule has 0 amide bonds. The predicted octanol–water partition coefficient (Wildman–Crippen LogP) is 5.05. The molecule has 0 spiro atoms. The third-order valence-electron chi connectivity index (χ3n) is 2.95. The van der Waals surface area contributed by atoms with E-state index < -0.39 is 0 Å². The predicted molar refractivity (Wildman–Crippen MR) is 105 cm³/mol. The first-order chi connectivity index (χ1) is 11.4. The molecule has 0 saturated carbocycles. The molecule has 0 aromatic carbocycles. The molecule has 0 unspecified atom stereocenters. The molecule has 2 N–H and O–H groups in total. The first-order valence-corrected chi connectivity index (χ1v) is 8.78. The van der Waals surface area contributed by atoms with Crippen molar-refractivity contribution in [3.05, 3.63) is 68.5 Å². The van der Waals surface area contributed by atoms with Crippen LogP contribution in [0.2, 0.25) is 0 Å². The van der Waals surface area contributed by atoms with Crippen molar-refractivity contribution in [2.24, 2.45) is 0 Å². The van der Waals surface area contributed by atoms with E-state index in [-0.39, 0.29) is 11.1 Å². The Balaban J connectivity index is 0. The maximum Gasteiger partial charge on any atom is 0.251 e. The monoisotopic (exact) mass is 334 g/mol. The van der Waals surface area contributed by atoms with Crippen molar-refractivity contribution in [1.29, 1.82) is 0 Å². The molecule has 4 nitrogen and oxygen atoms in total. The van der Waals surface area contributed by atoms with E-state index in [0.29, 0.717) is 11.8 Å². The molecule has 0 aliphatic carbocycles. The second-order valence-electron chi connectivity index (χ2n) is 5.25. The van der Waals surface area contributed by atoms with Gasteiger partial charge in [-0.05, 0) is 23.5 Å². The van der Waals surface area contributed by atoms with Crippen LogP contribution >= 0.6 is 0 Å². The first kappa shape index (κ1) is 24.2. The molecule has 0 aliphatic rings. The summed E-state index contributed by atoms with van der Waals surface area (Å²) in [5.74, 6) is 0.793. The lowest BCUT2D eigenvalue weighted by atomic mass is 10.1. The Morgan fingerprint density at radius 2 is 1.38 bits per heavy atom. The minimum atomic E-state index is -0.0376. The molecule has 0 aliphatic heterocycles. The lowest BCUT2D eigenvalue weighted by Gasteiger charge is -2.01. The zero-order valence-corrected chi connectivity index (χ0v) is 16.4. The zero-order valence-electron chi connectivity index (χ0n) is 16.4. The van der Waals surface area contributed by atoms with E-state index in [0.717, 1.165) is 5.56 Å². The van der Waals surface area contributed by atoms with Crippen LogP contribution in [0.15, 0.2) is 46.2 Å². The summed E-state index contributed by atoms with van der Waals surface area (Å²) in [5, 5.41) is 0. The second kappa shape index (κ2) is 14.5. The van der Waals surface area contributed by atoms with Crippen molar-refractivity contribution in [3.8, 4) is 0 Å². The second-order valence-corrected chi connectivity index (χ2v) is 5.25. The van der Waals surface area contributed by atoms with Gasteiger partial charge in [0.15, 0.2) is 0 Å². The number of H-pyrrole nitrogens is 2. The van der Waals surface area contributed by atoms with Crippen molar-refractivity contribution in [3.63, 3.8) is 0 Å². The van der Waals surface area contributed by atoms with Crippen LogP contribution in [0.4, 0.5) is 0 Å². The molecule has 2 aromatic heterocycles. The van der Waals surface area contributed by atoms with Crippen LogP contribution in [-0.4, -0.2) is 9.97 Å². The largest absolute Gasteiger partial charge is 0.329 e. The average molecular weight is 335 g/mol. The number of aromatic amines is 2. The van der Waals surface area contributed by atoms with Crippen molar-refractivity contribution < 1.29 is 0 Å². The molecule has 0 radical (unpaired) electrons. The molecule has 136 valence electrons. The molecule has 0 fully saturated rings. The first-order valence-electron chi connectivity index (χ1n) is 8.78. The lowest BCUT2D eigenvalue weighted by Crippen LogP contribution is -2.11. The Morgan fingerprint density at radius 1 is 0.792 bits per heavy atom. The van der Waals surface area contributed by atoms with Crippen LogP contribution in [0.3, 0.4) is 0 Å². The topological polar surface area (TPSA) is 65.7 Å². The molecule has 0 saturated heterocycles. The van der Waals surface area contributed by atoms with E-state index in [1.165, 1.54) is 5.56 Å². The number of hydrogen-bond donors (Lipinski definition) is 2. The van der Waals surface area contributed by atoms with Crippen molar-refractivity contribution in [2.75, 3.05) is 0 Å². The fourth-order valence-electron chi connectivity index (χ4n) is 1.67. The molecule has 2 heterocycles. The summed E-state index contributed by atoms with van der Waals surface area (Å²) in [4.78, 5) is 26.8. The van der Waals surface area contributed by atoms with Crippen LogP contribution in [0.25, 0.3) is 0 Å². The van der Waals surface area contributed by atoms with Crippen molar-refractivity contribution >= 4 is 0 Å². The van der Waals surface area contributed by atoms with Crippen molar-refractivity contribution in [1.82, 2.24) is 9.97 Å². The molecule has 0 atom stereocenters. The highest BCUT2D eigenvalue weighted by molar-refractivity contribution is 5.13. The van der Waals surface area contributed by atoms with E-state index in [1.54, 1.807) is 18.5 Å². The van der Waals surface area contributed by atoms with Gasteiger partial charge < -0.3 is 9.97 Å². The Hall–Kier alpha value is -2.10. The Bertz CT molecular complexity index is 620. The van der Waals surface area contributed by atoms with E-state index in [4.69, 9.17) is 0 Å². The van der Waals surface area contributed by atoms with Crippen LogP contribution in [0, 0.1) is 0 Å². The van der Waals surface area contributed by atoms with Gasteiger partial charge in [0.2, 0.25) is 5.56 Å².